The van der Waals surface area contributed by atoms with Crippen LogP contribution in [0.15, 0.2) is 60.7 Å². The highest BCUT2D eigenvalue weighted by molar-refractivity contribution is 5.82. The quantitative estimate of drug-likeness (QED) is 0.856. The summed E-state index contributed by atoms with van der Waals surface area (Å²) in [5.41, 5.74) is 2.36. The first-order valence-corrected chi connectivity index (χ1v) is 9.87. The number of carbonyl (C=O) groups is 1. The Hall–Kier alpha value is -2.38. The molecule has 7 heteroatoms. The topological polar surface area (TPSA) is 35.6 Å². The van der Waals surface area contributed by atoms with Gasteiger partial charge < -0.3 is 10.2 Å². The summed E-state index contributed by atoms with van der Waals surface area (Å²) in [6, 6.07) is 20.4. The van der Waals surface area contributed by atoms with E-state index < -0.39 is 12.1 Å². The van der Waals surface area contributed by atoms with E-state index in [9.17, 15) is 18.0 Å². The second-order valence-electron chi connectivity index (χ2n) is 7.67. The molecule has 0 spiro atoms. The van der Waals surface area contributed by atoms with Crippen LogP contribution in [0.1, 0.15) is 17.0 Å². The summed E-state index contributed by atoms with van der Waals surface area (Å²) in [7, 11) is 0. The lowest BCUT2D eigenvalue weighted by atomic mass is 9.82. The van der Waals surface area contributed by atoms with Gasteiger partial charge in [0, 0.05) is 50.7 Å². The maximum absolute atomic E-state index is 12.9. The predicted octanol–water partition coefficient (Wildman–Crippen LogP) is 2.87. The smallest absolute Gasteiger partial charge is 0.332 e. The van der Waals surface area contributed by atoms with Crippen molar-refractivity contribution in [2.75, 3.05) is 32.7 Å². The van der Waals surface area contributed by atoms with Gasteiger partial charge in [0.1, 0.15) is 0 Å². The van der Waals surface area contributed by atoms with E-state index in [1.165, 1.54) is 11.1 Å². The van der Waals surface area contributed by atoms with E-state index in [0.29, 0.717) is 13.1 Å². The Balaban J connectivity index is 1.61. The normalized spacial score (nSPS) is 23.1. The number of carbonyl (C=O) groups excluding carboxylic acids is 1. The predicted molar refractivity (Wildman–Crippen MR) is 105 cm³/mol. The average Bonchev–Trinajstić information content (AvgIpc) is 2.74. The van der Waals surface area contributed by atoms with Crippen molar-refractivity contribution in [3.8, 4) is 0 Å². The highest BCUT2D eigenvalue weighted by Gasteiger charge is 2.46. The van der Waals surface area contributed by atoms with Gasteiger partial charge in [0.15, 0.2) is 0 Å². The Morgan fingerprint density at radius 3 is 2.07 bits per heavy atom. The number of nitrogens with zero attached hydrogens (tertiary/aromatic N) is 2. The van der Waals surface area contributed by atoms with Gasteiger partial charge in [-0.2, -0.15) is 13.2 Å². The zero-order valence-electron chi connectivity index (χ0n) is 16.0. The highest BCUT2D eigenvalue weighted by atomic mass is 19.4. The number of amides is 1. The van der Waals surface area contributed by atoms with Gasteiger partial charge in [0.25, 0.3) is 0 Å². The number of nitrogens with one attached hydrogen (secondary N) is 1. The van der Waals surface area contributed by atoms with Crippen LogP contribution in [0.4, 0.5) is 13.2 Å². The third-order valence-electron chi connectivity index (χ3n) is 5.92. The molecule has 2 aliphatic heterocycles. The summed E-state index contributed by atoms with van der Waals surface area (Å²) < 4.78 is 38.7. The number of hydrogen-bond donors (Lipinski definition) is 1. The van der Waals surface area contributed by atoms with Crippen LogP contribution in [0, 0.1) is 0 Å². The zero-order chi connectivity index (χ0) is 20.4. The molecule has 0 aliphatic carbocycles. The van der Waals surface area contributed by atoms with Crippen LogP contribution >= 0.6 is 0 Å². The SMILES string of the molecule is O=C(N1CCN2[C@H](CNC[C@H]2C(c2ccccc2)c2ccccc2)C1)C(F)(F)F. The fraction of sp³-hybridized carbons (Fsp3) is 0.409. The maximum Gasteiger partial charge on any atom is 0.471 e. The van der Waals surface area contributed by atoms with Crippen molar-refractivity contribution in [3.63, 3.8) is 0 Å². The average molecular weight is 403 g/mol. The standard InChI is InChI=1S/C22H24F3N3O/c23-22(24,25)21(29)27-11-12-28-18(15-27)13-26-14-19(28)20(16-7-3-1-4-8-16)17-9-5-2-6-10-17/h1-10,18-20,26H,11-15H2/t18-,19+/m1/s1. The van der Waals surface area contributed by atoms with Crippen LogP contribution in [-0.2, 0) is 4.79 Å². The Morgan fingerprint density at radius 2 is 1.52 bits per heavy atom. The molecule has 2 saturated heterocycles. The number of rotatable bonds is 3. The van der Waals surface area contributed by atoms with Crippen molar-refractivity contribution < 1.29 is 18.0 Å². The molecule has 0 bridgehead atoms. The molecule has 2 aromatic rings. The molecule has 2 atom stereocenters. The molecule has 1 N–H and O–H groups in total. The monoisotopic (exact) mass is 403 g/mol. The van der Waals surface area contributed by atoms with Crippen LogP contribution in [0.5, 0.6) is 0 Å². The molecule has 2 heterocycles. The Bertz CT molecular complexity index is 789. The Morgan fingerprint density at radius 1 is 0.931 bits per heavy atom. The molecule has 0 unspecified atom stereocenters. The van der Waals surface area contributed by atoms with E-state index in [4.69, 9.17) is 0 Å². The third kappa shape index (κ3) is 4.16. The van der Waals surface area contributed by atoms with Crippen LogP contribution in [0.2, 0.25) is 0 Å². The Labute approximate surface area is 168 Å². The molecule has 1 amide bonds. The minimum absolute atomic E-state index is 0.0950. The highest BCUT2D eigenvalue weighted by Crippen LogP contribution is 2.34. The van der Waals surface area contributed by atoms with E-state index in [-0.39, 0.29) is 31.1 Å². The zero-order valence-corrected chi connectivity index (χ0v) is 16.0. The molecule has 0 saturated carbocycles. The molecule has 4 rings (SSSR count). The minimum atomic E-state index is -4.82. The van der Waals surface area contributed by atoms with Crippen molar-refractivity contribution in [2.24, 2.45) is 0 Å². The van der Waals surface area contributed by atoms with Gasteiger partial charge >= 0.3 is 12.1 Å². The van der Waals surface area contributed by atoms with Gasteiger partial charge in [-0.15, -0.1) is 0 Å². The van der Waals surface area contributed by atoms with Gasteiger partial charge in [-0.3, -0.25) is 9.69 Å². The third-order valence-corrected chi connectivity index (χ3v) is 5.92. The number of halogens is 3. The van der Waals surface area contributed by atoms with Crippen LogP contribution < -0.4 is 5.32 Å². The number of benzene rings is 2. The van der Waals surface area contributed by atoms with Gasteiger partial charge in [-0.05, 0) is 11.1 Å². The first kappa shape index (κ1) is 19.9. The molecular formula is C22H24F3N3O. The largest absolute Gasteiger partial charge is 0.471 e. The fourth-order valence-corrected chi connectivity index (χ4v) is 4.63. The van der Waals surface area contributed by atoms with Crippen LogP contribution in [0.25, 0.3) is 0 Å². The maximum atomic E-state index is 12.9. The Kier molecular flexibility index (Phi) is 5.61. The summed E-state index contributed by atoms with van der Waals surface area (Å²) in [4.78, 5) is 15.0. The van der Waals surface area contributed by atoms with Gasteiger partial charge in [0.2, 0.25) is 0 Å². The molecule has 0 aromatic heterocycles. The number of piperazine rings is 2. The first-order valence-electron chi connectivity index (χ1n) is 9.87. The number of alkyl halides is 3. The molecular weight excluding hydrogens is 379 g/mol. The minimum Gasteiger partial charge on any atom is -0.332 e. The van der Waals surface area contributed by atoms with E-state index in [1.54, 1.807) is 0 Å². The van der Waals surface area contributed by atoms with E-state index in [0.717, 1.165) is 11.4 Å². The van der Waals surface area contributed by atoms with E-state index in [2.05, 4.69) is 34.5 Å². The van der Waals surface area contributed by atoms with Gasteiger partial charge in [0.05, 0.1) is 0 Å². The van der Waals surface area contributed by atoms with Crippen LogP contribution in [-0.4, -0.2) is 66.7 Å². The van der Waals surface area contributed by atoms with Gasteiger partial charge in [-0.1, -0.05) is 60.7 Å². The molecule has 2 aliphatic rings. The first-order chi connectivity index (χ1) is 13.9. The van der Waals surface area contributed by atoms with Gasteiger partial charge in [-0.25, -0.2) is 0 Å². The van der Waals surface area contributed by atoms with Crippen molar-refractivity contribution in [2.45, 2.75) is 24.2 Å². The van der Waals surface area contributed by atoms with E-state index >= 15 is 0 Å². The lowest BCUT2D eigenvalue weighted by Crippen LogP contribution is -2.67. The van der Waals surface area contributed by atoms with E-state index in [1.807, 2.05) is 36.4 Å². The molecule has 29 heavy (non-hydrogen) atoms. The summed E-state index contributed by atoms with van der Waals surface area (Å²) in [5.74, 6) is -1.64. The van der Waals surface area contributed by atoms with Crippen molar-refractivity contribution in [1.82, 2.24) is 15.1 Å². The lowest BCUT2D eigenvalue weighted by Gasteiger charge is -2.50. The summed E-state index contributed by atoms with van der Waals surface area (Å²) >= 11 is 0. The molecule has 2 aromatic carbocycles. The summed E-state index contributed by atoms with van der Waals surface area (Å²) in [6.07, 6.45) is -4.82. The second-order valence-corrected chi connectivity index (χ2v) is 7.67. The molecule has 0 radical (unpaired) electrons. The summed E-state index contributed by atoms with van der Waals surface area (Å²) in [6.45, 7) is 1.96. The van der Waals surface area contributed by atoms with Crippen molar-refractivity contribution in [1.29, 1.82) is 0 Å². The summed E-state index contributed by atoms with van der Waals surface area (Å²) in [5, 5.41) is 3.39. The fourth-order valence-electron chi connectivity index (χ4n) is 4.63. The second kappa shape index (κ2) is 8.16. The number of hydrogen-bond acceptors (Lipinski definition) is 3. The lowest BCUT2D eigenvalue weighted by molar-refractivity contribution is -0.188. The van der Waals surface area contributed by atoms with Crippen LogP contribution in [0.3, 0.4) is 0 Å². The number of fused-ring (bicyclic) bond motifs is 1. The molecule has 2 fully saturated rings. The molecule has 154 valence electrons. The molecule has 4 nitrogen and oxygen atoms in total. The van der Waals surface area contributed by atoms with Crippen molar-refractivity contribution in [3.05, 3.63) is 71.8 Å². The van der Waals surface area contributed by atoms with Crippen molar-refractivity contribution >= 4 is 5.91 Å².